The highest BCUT2D eigenvalue weighted by atomic mass is 16.1. The molecule has 0 saturated heterocycles. The predicted molar refractivity (Wildman–Crippen MR) is 66.3 cm³/mol. The molecule has 17 heavy (non-hydrogen) atoms. The molecule has 0 bridgehead atoms. The molecule has 0 aliphatic heterocycles. The van der Waals surface area contributed by atoms with E-state index in [1.165, 1.54) is 6.42 Å². The number of hydrogen-bond acceptors (Lipinski definition) is 3. The van der Waals surface area contributed by atoms with Crippen LogP contribution in [0.5, 0.6) is 0 Å². The highest BCUT2D eigenvalue weighted by Crippen LogP contribution is 2.30. The molecule has 1 aliphatic rings. The topological polar surface area (TPSA) is 72.9 Å². The smallest absolute Gasteiger partial charge is 0.227 e. The third-order valence-electron chi connectivity index (χ3n) is 3.52. The van der Waals surface area contributed by atoms with Gasteiger partial charge in [0.1, 0.15) is 0 Å². The van der Waals surface area contributed by atoms with Gasteiger partial charge in [0.25, 0.3) is 0 Å². The van der Waals surface area contributed by atoms with Gasteiger partial charge in [-0.2, -0.15) is 5.10 Å². The summed E-state index contributed by atoms with van der Waals surface area (Å²) in [5, 5.41) is 6.95. The zero-order chi connectivity index (χ0) is 12.3. The quantitative estimate of drug-likeness (QED) is 0.826. The van der Waals surface area contributed by atoms with Crippen molar-refractivity contribution in [2.45, 2.75) is 25.7 Å². The van der Waals surface area contributed by atoms with Crippen molar-refractivity contribution in [3.63, 3.8) is 0 Å². The van der Waals surface area contributed by atoms with Crippen LogP contribution in [-0.4, -0.2) is 22.2 Å². The molecule has 0 aromatic carbocycles. The van der Waals surface area contributed by atoms with Crippen molar-refractivity contribution in [3.05, 3.63) is 12.4 Å². The monoisotopic (exact) mass is 236 g/mol. The van der Waals surface area contributed by atoms with Crippen LogP contribution in [0.2, 0.25) is 0 Å². The van der Waals surface area contributed by atoms with Crippen LogP contribution in [0, 0.1) is 11.8 Å². The third kappa shape index (κ3) is 2.85. The predicted octanol–water partition coefficient (Wildman–Crippen LogP) is 1.12. The lowest BCUT2D eigenvalue weighted by atomic mass is 9.79. The number of nitrogens with zero attached hydrogens (tertiary/aromatic N) is 2. The Kier molecular flexibility index (Phi) is 3.78. The summed E-state index contributed by atoms with van der Waals surface area (Å²) in [4.78, 5) is 12.1. The first-order valence-electron chi connectivity index (χ1n) is 6.20. The summed E-state index contributed by atoms with van der Waals surface area (Å²) in [5.74, 6) is 0.488. The first-order chi connectivity index (χ1) is 8.20. The van der Waals surface area contributed by atoms with E-state index in [2.05, 4.69) is 10.4 Å². The van der Waals surface area contributed by atoms with Crippen LogP contribution in [0.25, 0.3) is 0 Å². The van der Waals surface area contributed by atoms with Gasteiger partial charge in [-0.1, -0.05) is 12.8 Å². The normalized spacial score (nSPS) is 24.6. The minimum atomic E-state index is 0.0638. The lowest BCUT2D eigenvalue weighted by molar-refractivity contribution is -0.122. The molecule has 0 spiro atoms. The summed E-state index contributed by atoms with van der Waals surface area (Å²) in [6.07, 6.45) is 7.81. The maximum absolute atomic E-state index is 12.1. The van der Waals surface area contributed by atoms with Gasteiger partial charge in [-0.3, -0.25) is 9.48 Å². The molecule has 1 aromatic rings. The average molecular weight is 236 g/mol. The number of carbonyl (C=O) groups is 1. The number of hydrogen-bond donors (Lipinski definition) is 2. The fourth-order valence-electron chi connectivity index (χ4n) is 2.56. The second kappa shape index (κ2) is 5.31. The van der Waals surface area contributed by atoms with Gasteiger partial charge in [-0.15, -0.1) is 0 Å². The molecule has 1 aliphatic carbocycles. The fraction of sp³-hybridized carbons (Fsp3) is 0.667. The zero-order valence-electron chi connectivity index (χ0n) is 10.2. The van der Waals surface area contributed by atoms with Crippen LogP contribution in [0.1, 0.15) is 25.7 Å². The van der Waals surface area contributed by atoms with Crippen molar-refractivity contribution in [2.75, 3.05) is 11.9 Å². The van der Waals surface area contributed by atoms with E-state index in [0.717, 1.165) is 24.9 Å². The lowest BCUT2D eigenvalue weighted by Crippen LogP contribution is -2.35. The number of aryl methyl sites for hydroxylation is 1. The molecule has 5 nitrogen and oxygen atoms in total. The van der Waals surface area contributed by atoms with Crippen LogP contribution in [0.4, 0.5) is 5.69 Å². The van der Waals surface area contributed by atoms with Crippen LogP contribution in [-0.2, 0) is 11.8 Å². The molecule has 2 atom stereocenters. The number of nitrogens with one attached hydrogen (secondary N) is 1. The molecule has 2 rings (SSSR count). The Hall–Kier alpha value is -1.36. The van der Waals surface area contributed by atoms with Gasteiger partial charge in [0, 0.05) is 19.2 Å². The molecule has 3 N–H and O–H groups in total. The first-order valence-corrected chi connectivity index (χ1v) is 6.20. The second-order valence-electron chi connectivity index (χ2n) is 4.78. The van der Waals surface area contributed by atoms with E-state index in [9.17, 15) is 4.79 Å². The Morgan fingerprint density at radius 1 is 1.59 bits per heavy atom. The zero-order valence-corrected chi connectivity index (χ0v) is 10.2. The molecule has 1 fully saturated rings. The van der Waals surface area contributed by atoms with Crippen molar-refractivity contribution in [3.8, 4) is 0 Å². The number of anilines is 1. The molecular weight excluding hydrogens is 216 g/mol. The maximum atomic E-state index is 12.1. The van der Waals surface area contributed by atoms with E-state index in [4.69, 9.17) is 5.73 Å². The minimum Gasteiger partial charge on any atom is -0.330 e. The van der Waals surface area contributed by atoms with E-state index in [0.29, 0.717) is 12.5 Å². The number of nitrogens with two attached hydrogens (primary N) is 1. The minimum absolute atomic E-state index is 0.0638. The standard InChI is InChI=1S/C12H20N4O/c1-16-8-10(7-14-16)15-12(17)11-5-3-2-4-9(11)6-13/h7-9,11H,2-6,13H2,1H3,(H,15,17). The molecule has 0 radical (unpaired) electrons. The van der Waals surface area contributed by atoms with Gasteiger partial charge in [-0.05, 0) is 25.3 Å². The van der Waals surface area contributed by atoms with Crippen LogP contribution in [0.15, 0.2) is 12.4 Å². The van der Waals surface area contributed by atoms with E-state index in [1.807, 2.05) is 7.05 Å². The lowest BCUT2D eigenvalue weighted by Gasteiger charge is -2.29. The molecule has 94 valence electrons. The molecule has 2 unspecified atom stereocenters. The van der Waals surface area contributed by atoms with E-state index in [-0.39, 0.29) is 11.8 Å². The van der Waals surface area contributed by atoms with Gasteiger partial charge in [-0.25, -0.2) is 0 Å². The van der Waals surface area contributed by atoms with E-state index >= 15 is 0 Å². The highest BCUT2D eigenvalue weighted by molar-refractivity contribution is 5.92. The Morgan fingerprint density at radius 3 is 3.00 bits per heavy atom. The first kappa shape index (κ1) is 12.1. The summed E-state index contributed by atoms with van der Waals surface area (Å²) in [6, 6.07) is 0. The van der Waals surface area contributed by atoms with Crippen LogP contribution >= 0.6 is 0 Å². The third-order valence-corrected chi connectivity index (χ3v) is 3.52. The molecule has 1 saturated carbocycles. The summed E-state index contributed by atoms with van der Waals surface area (Å²) < 4.78 is 1.68. The summed E-state index contributed by atoms with van der Waals surface area (Å²) >= 11 is 0. The number of rotatable bonds is 3. The Bertz CT molecular complexity index is 388. The van der Waals surface area contributed by atoms with Gasteiger partial charge < -0.3 is 11.1 Å². The SMILES string of the molecule is Cn1cc(NC(=O)C2CCCCC2CN)cn1. The van der Waals surface area contributed by atoms with Crippen LogP contribution < -0.4 is 11.1 Å². The van der Waals surface area contributed by atoms with Crippen molar-refractivity contribution < 1.29 is 4.79 Å². The molecular formula is C12H20N4O. The fourth-order valence-corrected chi connectivity index (χ4v) is 2.56. The Labute approximate surface area is 101 Å². The number of amides is 1. The average Bonchev–Trinajstić information content (AvgIpc) is 2.74. The maximum Gasteiger partial charge on any atom is 0.227 e. The van der Waals surface area contributed by atoms with Crippen LogP contribution in [0.3, 0.4) is 0 Å². The summed E-state index contributed by atoms with van der Waals surface area (Å²) in [7, 11) is 1.83. The molecule has 1 aromatic heterocycles. The second-order valence-corrected chi connectivity index (χ2v) is 4.78. The Balaban J connectivity index is 1.98. The highest BCUT2D eigenvalue weighted by Gasteiger charge is 2.29. The van der Waals surface area contributed by atoms with Crippen molar-refractivity contribution >= 4 is 11.6 Å². The number of aromatic nitrogens is 2. The molecule has 1 heterocycles. The van der Waals surface area contributed by atoms with Crippen molar-refractivity contribution in [1.82, 2.24) is 9.78 Å². The van der Waals surface area contributed by atoms with Gasteiger partial charge in [0.15, 0.2) is 0 Å². The molecule has 1 amide bonds. The van der Waals surface area contributed by atoms with Crippen molar-refractivity contribution in [1.29, 1.82) is 0 Å². The largest absolute Gasteiger partial charge is 0.330 e. The van der Waals surface area contributed by atoms with Crippen molar-refractivity contribution in [2.24, 2.45) is 24.6 Å². The Morgan fingerprint density at radius 2 is 2.35 bits per heavy atom. The van der Waals surface area contributed by atoms with Gasteiger partial charge in [0.2, 0.25) is 5.91 Å². The van der Waals surface area contributed by atoms with E-state index in [1.54, 1.807) is 17.1 Å². The summed E-state index contributed by atoms with van der Waals surface area (Å²) in [6.45, 7) is 0.602. The van der Waals surface area contributed by atoms with Gasteiger partial charge in [0.05, 0.1) is 11.9 Å². The van der Waals surface area contributed by atoms with E-state index < -0.39 is 0 Å². The number of carbonyl (C=O) groups excluding carboxylic acids is 1. The summed E-state index contributed by atoms with van der Waals surface area (Å²) in [5.41, 5.74) is 6.50. The van der Waals surface area contributed by atoms with Gasteiger partial charge >= 0.3 is 0 Å². The molecule has 5 heteroatoms.